The summed E-state index contributed by atoms with van der Waals surface area (Å²) in [4.78, 5) is 26.9. The Hall–Kier alpha value is -3.64. The lowest BCUT2D eigenvalue weighted by Crippen LogP contribution is -2.36. The molecule has 1 heterocycles. The largest absolute Gasteiger partial charge is 0.478 e. The van der Waals surface area contributed by atoms with E-state index in [2.05, 4.69) is 10.2 Å². The summed E-state index contributed by atoms with van der Waals surface area (Å²) in [6.45, 7) is 5.05. The summed E-state index contributed by atoms with van der Waals surface area (Å²) in [7, 11) is 0. The van der Waals surface area contributed by atoms with Crippen LogP contribution in [0.4, 0.5) is 11.4 Å². The maximum Gasteiger partial charge on any atom is 0.335 e. The quantitative estimate of drug-likeness (QED) is 0.643. The van der Waals surface area contributed by atoms with Gasteiger partial charge in [0.25, 0.3) is 5.91 Å². The highest BCUT2D eigenvalue weighted by Gasteiger charge is 2.18. The highest BCUT2D eigenvalue weighted by molar-refractivity contribution is 6.10. The van der Waals surface area contributed by atoms with Gasteiger partial charge in [0.2, 0.25) is 0 Å². The van der Waals surface area contributed by atoms with Crippen molar-refractivity contribution in [2.75, 3.05) is 36.5 Å². The number of carboxylic acid groups (broad SMARTS) is 1. The van der Waals surface area contributed by atoms with Crippen LogP contribution in [0.25, 0.3) is 11.1 Å². The van der Waals surface area contributed by atoms with Crippen LogP contribution in [0.3, 0.4) is 0 Å². The van der Waals surface area contributed by atoms with Gasteiger partial charge in [0.05, 0.1) is 18.8 Å². The molecule has 1 amide bonds. The first kappa shape index (κ1) is 20.6. The average molecular weight is 416 g/mol. The second-order valence-electron chi connectivity index (χ2n) is 7.48. The minimum Gasteiger partial charge on any atom is -0.478 e. The minimum absolute atomic E-state index is 0.0734. The van der Waals surface area contributed by atoms with Crippen LogP contribution in [-0.4, -0.2) is 43.3 Å². The van der Waals surface area contributed by atoms with E-state index in [-0.39, 0.29) is 11.5 Å². The fourth-order valence-electron chi connectivity index (χ4n) is 3.73. The Morgan fingerprint density at radius 2 is 1.71 bits per heavy atom. The first-order valence-corrected chi connectivity index (χ1v) is 10.2. The van der Waals surface area contributed by atoms with Crippen molar-refractivity contribution in [3.8, 4) is 11.1 Å². The van der Waals surface area contributed by atoms with E-state index < -0.39 is 5.97 Å². The number of nitrogens with one attached hydrogen (secondary N) is 1. The lowest BCUT2D eigenvalue weighted by atomic mass is 9.96. The molecule has 2 N–H and O–H groups in total. The zero-order chi connectivity index (χ0) is 21.8. The zero-order valence-electron chi connectivity index (χ0n) is 17.3. The number of amides is 1. The van der Waals surface area contributed by atoms with Crippen molar-refractivity contribution in [2.24, 2.45) is 0 Å². The van der Waals surface area contributed by atoms with Crippen molar-refractivity contribution in [2.45, 2.75) is 6.92 Å². The minimum atomic E-state index is -1.07. The van der Waals surface area contributed by atoms with E-state index in [0.717, 1.165) is 29.9 Å². The van der Waals surface area contributed by atoms with Gasteiger partial charge in [-0.3, -0.25) is 4.79 Å². The SMILES string of the molecule is Cc1cc(N2CCOCC2)ccc1NC(=O)c1cc(C(=O)O)ccc1-c1ccccc1. The Kier molecular flexibility index (Phi) is 6.00. The Balaban J connectivity index is 1.63. The second kappa shape index (κ2) is 9.02. The maximum absolute atomic E-state index is 13.2. The number of morpholine rings is 1. The van der Waals surface area contributed by atoms with E-state index in [4.69, 9.17) is 4.74 Å². The van der Waals surface area contributed by atoms with Gasteiger partial charge < -0.3 is 20.1 Å². The fourth-order valence-corrected chi connectivity index (χ4v) is 3.73. The van der Waals surface area contributed by atoms with E-state index in [1.165, 1.54) is 12.1 Å². The molecule has 6 nitrogen and oxygen atoms in total. The molecule has 1 aliphatic rings. The van der Waals surface area contributed by atoms with Gasteiger partial charge in [-0.1, -0.05) is 36.4 Å². The monoisotopic (exact) mass is 416 g/mol. The standard InChI is InChI=1S/C25H24N2O4/c1-17-15-20(27-11-13-31-14-12-27)8-10-23(17)26-24(28)22-16-19(25(29)30)7-9-21(22)18-5-3-2-4-6-18/h2-10,15-16H,11-14H2,1H3,(H,26,28)(H,29,30). The topological polar surface area (TPSA) is 78.9 Å². The van der Waals surface area contributed by atoms with Crippen molar-refractivity contribution >= 4 is 23.3 Å². The van der Waals surface area contributed by atoms with Gasteiger partial charge in [-0.05, 0) is 53.9 Å². The summed E-state index contributed by atoms with van der Waals surface area (Å²) in [6.07, 6.45) is 0. The van der Waals surface area contributed by atoms with E-state index in [9.17, 15) is 14.7 Å². The van der Waals surface area contributed by atoms with E-state index >= 15 is 0 Å². The molecule has 0 aromatic heterocycles. The molecule has 1 fully saturated rings. The number of aromatic carboxylic acids is 1. The van der Waals surface area contributed by atoms with Crippen LogP contribution in [0.2, 0.25) is 0 Å². The van der Waals surface area contributed by atoms with Gasteiger partial charge in [0, 0.05) is 30.0 Å². The van der Waals surface area contributed by atoms with Gasteiger partial charge >= 0.3 is 5.97 Å². The molecular formula is C25H24N2O4. The van der Waals surface area contributed by atoms with Crippen LogP contribution in [0.15, 0.2) is 66.7 Å². The first-order chi connectivity index (χ1) is 15.0. The fraction of sp³-hybridized carbons (Fsp3) is 0.200. The van der Waals surface area contributed by atoms with Crippen molar-refractivity contribution < 1.29 is 19.4 Å². The number of aryl methyl sites for hydroxylation is 1. The molecular weight excluding hydrogens is 392 g/mol. The summed E-state index contributed by atoms with van der Waals surface area (Å²) >= 11 is 0. The number of benzene rings is 3. The summed E-state index contributed by atoms with van der Waals surface area (Å²) < 4.78 is 5.41. The summed E-state index contributed by atoms with van der Waals surface area (Å²) in [5, 5.41) is 12.4. The third kappa shape index (κ3) is 4.59. The number of rotatable bonds is 5. The van der Waals surface area contributed by atoms with Gasteiger partial charge in [0.15, 0.2) is 0 Å². The number of carbonyl (C=O) groups is 2. The third-order valence-electron chi connectivity index (χ3n) is 5.43. The molecule has 0 saturated carbocycles. The lowest BCUT2D eigenvalue weighted by Gasteiger charge is -2.29. The zero-order valence-corrected chi connectivity index (χ0v) is 17.3. The molecule has 0 unspecified atom stereocenters. The number of nitrogens with zero attached hydrogens (tertiary/aromatic N) is 1. The molecule has 1 aliphatic heterocycles. The molecule has 3 aromatic rings. The molecule has 6 heteroatoms. The van der Waals surface area contributed by atoms with Gasteiger partial charge in [-0.25, -0.2) is 4.79 Å². The first-order valence-electron chi connectivity index (χ1n) is 10.2. The van der Waals surface area contributed by atoms with Crippen LogP contribution in [0, 0.1) is 6.92 Å². The van der Waals surface area contributed by atoms with Crippen LogP contribution in [0.1, 0.15) is 26.3 Å². The van der Waals surface area contributed by atoms with Gasteiger partial charge in [-0.15, -0.1) is 0 Å². The summed E-state index contributed by atoms with van der Waals surface area (Å²) in [5.41, 5.74) is 4.66. The summed E-state index contributed by atoms with van der Waals surface area (Å²) in [6, 6.07) is 20.0. The molecule has 158 valence electrons. The average Bonchev–Trinajstić information content (AvgIpc) is 2.81. The van der Waals surface area contributed by atoms with Crippen LogP contribution < -0.4 is 10.2 Å². The predicted molar refractivity (Wildman–Crippen MR) is 121 cm³/mol. The molecule has 1 saturated heterocycles. The maximum atomic E-state index is 13.2. The Morgan fingerprint density at radius 3 is 2.39 bits per heavy atom. The highest BCUT2D eigenvalue weighted by atomic mass is 16.5. The molecule has 0 radical (unpaired) electrons. The van der Waals surface area contributed by atoms with Crippen LogP contribution >= 0.6 is 0 Å². The van der Waals surface area contributed by atoms with Crippen LogP contribution in [0.5, 0.6) is 0 Å². The van der Waals surface area contributed by atoms with Gasteiger partial charge in [0.1, 0.15) is 0 Å². The van der Waals surface area contributed by atoms with E-state index in [1.807, 2.05) is 55.5 Å². The smallest absolute Gasteiger partial charge is 0.335 e. The lowest BCUT2D eigenvalue weighted by molar-refractivity contribution is 0.0697. The number of hydrogen-bond donors (Lipinski definition) is 2. The number of carbonyl (C=O) groups excluding carboxylic acids is 1. The highest BCUT2D eigenvalue weighted by Crippen LogP contribution is 2.28. The molecule has 31 heavy (non-hydrogen) atoms. The third-order valence-corrected chi connectivity index (χ3v) is 5.43. The number of hydrogen-bond acceptors (Lipinski definition) is 4. The molecule has 0 atom stereocenters. The summed E-state index contributed by atoms with van der Waals surface area (Å²) in [5.74, 6) is -1.41. The number of ether oxygens (including phenoxy) is 1. The van der Waals surface area contributed by atoms with Crippen molar-refractivity contribution in [3.63, 3.8) is 0 Å². The number of carboxylic acids is 1. The Bertz CT molecular complexity index is 1110. The molecule has 0 spiro atoms. The van der Waals surface area contributed by atoms with Crippen molar-refractivity contribution in [1.29, 1.82) is 0 Å². The molecule has 3 aromatic carbocycles. The van der Waals surface area contributed by atoms with Crippen molar-refractivity contribution in [3.05, 3.63) is 83.4 Å². The van der Waals surface area contributed by atoms with E-state index in [1.54, 1.807) is 6.07 Å². The number of anilines is 2. The molecule has 0 aliphatic carbocycles. The normalized spacial score (nSPS) is 13.6. The predicted octanol–water partition coefficient (Wildman–Crippen LogP) is 4.45. The Morgan fingerprint density at radius 1 is 0.968 bits per heavy atom. The van der Waals surface area contributed by atoms with Gasteiger partial charge in [-0.2, -0.15) is 0 Å². The molecule has 4 rings (SSSR count). The van der Waals surface area contributed by atoms with Crippen molar-refractivity contribution in [1.82, 2.24) is 0 Å². The second-order valence-corrected chi connectivity index (χ2v) is 7.48. The van der Waals surface area contributed by atoms with E-state index in [0.29, 0.717) is 30.0 Å². The molecule has 0 bridgehead atoms. The Labute approximate surface area is 181 Å². The van der Waals surface area contributed by atoms with Crippen LogP contribution in [-0.2, 0) is 4.74 Å².